The van der Waals surface area contributed by atoms with Gasteiger partial charge in [-0.15, -0.1) is 0 Å². The number of rotatable bonds is 6. The highest BCUT2D eigenvalue weighted by Gasteiger charge is 2.35. The first-order valence-electron chi connectivity index (χ1n) is 12.7. The van der Waals surface area contributed by atoms with Gasteiger partial charge in [-0.25, -0.2) is 4.98 Å². The van der Waals surface area contributed by atoms with Crippen molar-refractivity contribution in [1.29, 1.82) is 0 Å². The van der Waals surface area contributed by atoms with Crippen molar-refractivity contribution >= 4 is 16.9 Å². The van der Waals surface area contributed by atoms with Crippen LogP contribution in [-0.4, -0.2) is 28.6 Å². The van der Waals surface area contributed by atoms with Gasteiger partial charge in [0.05, 0.1) is 18.1 Å². The maximum atomic E-state index is 14.0. The molecule has 2 fully saturated rings. The van der Waals surface area contributed by atoms with Crippen molar-refractivity contribution in [2.75, 3.05) is 7.11 Å². The number of carbonyl (C=O) groups is 1. The predicted octanol–water partition coefficient (Wildman–Crippen LogP) is 6.28. The van der Waals surface area contributed by atoms with E-state index in [1.165, 1.54) is 38.5 Å². The van der Waals surface area contributed by atoms with Gasteiger partial charge in [0.1, 0.15) is 17.6 Å². The monoisotopic (exact) mass is 445 g/mol. The van der Waals surface area contributed by atoms with Crippen LogP contribution >= 0.6 is 0 Å². The normalized spacial score (nSPS) is 18.8. The summed E-state index contributed by atoms with van der Waals surface area (Å²) in [5.74, 6) is 2.19. The third kappa shape index (κ3) is 4.64. The molecule has 5 rings (SSSR count). The number of hydrogen-bond acceptors (Lipinski definition) is 3. The summed E-state index contributed by atoms with van der Waals surface area (Å²) in [6.45, 7) is 0. The molecule has 2 aliphatic carbocycles. The lowest BCUT2D eigenvalue weighted by atomic mass is 9.82. The molecule has 0 bridgehead atoms. The minimum absolute atomic E-state index is 0.173. The first-order chi connectivity index (χ1) is 16.2. The number of nitrogens with one attached hydrogen (secondary N) is 1. The molecule has 0 saturated heterocycles. The molecule has 0 radical (unpaired) electrons. The number of fused-ring (bicyclic) bond motifs is 1. The molecule has 1 heterocycles. The third-order valence-corrected chi connectivity index (χ3v) is 7.54. The molecule has 33 heavy (non-hydrogen) atoms. The summed E-state index contributed by atoms with van der Waals surface area (Å²) in [6.07, 6.45) is 11.8. The molecule has 1 N–H and O–H groups in total. The molecular weight excluding hydrogens is 410 g/mol. The Morgan fingerprint density at radius 1 is 0.939 bits per heavy atom. The fourth-order valence-electron chi connectivity index (χ4n) is 5.80. The average molecular weight is 446 g/mol. The van der Waals surface area contributed by atoms with Gasteiger partial charge in [-0.2, -0.15) is 0 Å². The zero-order valence-corrected chi connectivity index (χ0v) is 19.6. The molecule has 1 unspecified atom stereocenters. The molecular formula is C28H35N3O2. The molecule has 1 amide bonds. The summed E-state index contributed by atoms with van der Waals surface area (Å²) in [5.41, 5.74) is 2.99. The van der Waals surface area contributed by atoms with E-state index >= 15 is 0 Å². The maximum absolute atomic E-state index is 14.0. The molecule has 1 aromatic heterocycles. The number of carbonyl (C=O) groups excluding carboxylic acids is 1. The highest BCUT2D eigenvalue weighted by Crippen LogP contribution is 2.38. The average Bonchev–Trinajstić information content (AvgIpc) is 3.25. The number of aromatic nitrogens is 2. The Kier molecular flexibility index (Phi) is 6.65. The summed E-state index contributed by atoms with van der Waals surface area (Å²) in [7, 11) is 1.68. The standard InChI is InChI=1S/C28H35N3O2/c1-33-23-18-16-21(17-19-23)27-30-24-14-8-9-15-25(24)31(27)26(20-10-4-2-5-11-20)28(32)29-22-12-6-3-7-13-22/h8-9,14-20,22,26H,2-7,10-13H2,1H3,(H,29,32). The van der Waals surface area contributed by atoms with Crippen LogP contribution in [0, 0.1) is 5.92 Å². The van der Waals surface area contributed by atoms with Crippen LogP contribution in [0.2, 0.25) is 0 Å². The Hall–Kier alpha value is -2.82. The molecule has 2 saturated carbocycles. The minimum Gasteiger partial charge on any atom is -0.497 e. The van der Waals surface area contributed by atoms with Gasteiger partial charge in [0.2, 0.25) is 5.91 Å². The Balaban J connectivity index is 1.60. The molecule has 1 atom stereocenters. The van der Waals surface area contributed by atoms with Crippen LogP contribution in [0.25, 0.3) is 22.4 Å². The second-order valence-electron chi connectivity index (χ2n) is 9.71. The van der Waals surface area contributed by atoms with Crippen molar-refractivity contribution in [3.63, 3.8) is 0 Å². The molecule has 0 spiro atoms. The number of para-hydroxylation sites is 2. The SMILES string of the molecule is COc1ccc(-c2nc3ccccc3n2C(C(=O)NC2CCCCC2)C2CCCCC2)cc1. The van der Waals surface area contributed by atoms with Crippen LogP contribution in [-0.2, 0) is 4.79 Å². The zero-order valence-electron chi connectivity index (χ0n) is 19.6. The van der Waals surface area contributed by atoms with E-state index in [-0.39, 0.29) is 11.9 Å². The van der Waals surface area contributed by atoms with Gasteiger partial charge < -0.3 is 14.6 Å². The number of benzene rings is 2. The van der Waals surface area contributed by atoms with Gasteiger partial charge in [0.15, 0.2) is 0 Å². The predicted molar refractivity (Wildman–Crippen MR) is 132 cm³/mol. The number of methoxy groups -OCH3 is 1. The first kappa shape index (κ1) is 22.0. The summed E-state index contributed by atoms with van der Waals surface area (Å²) in [4.78, 5) is 19.0. The van der Waals surface area contributed by atoms with E-state index in [0.29, 0.717) is 12.0 Å². The van der Waals surface area contributed by atoms with Gasteiger partial charge in [-0.3, -0.25) is 4.79 Å². The second kappa shape index (κ2) is 9.98. The topological polar surface area (TPSA) is 56.2 Å². The minimum atomic E-state index is -0.239. The Labute approximate surface area is 196 Å². The van der Waals surface area contributed by atoms with Gasteiger partial charge in [-0.1, -0.05) is 50.7 Å². The smallest absolute Gasteiger partial charge is 0.243 e. The van der Waals surface area contributed by atoms with E-state index in [4.69, 9.17) is 9.72 Å². The number of ether oxygens (including phenoxy) is 1. The van der Waals surface area contributed by atoms with Crippen LogP contribution in [0.3, 0.4) is 0 Å². The van der Waals surface area contributed by atoms with Crippen molar-refractivity contribution in [2.45, 2.75) is 76.3 Å². The molecule has 0 aliphatic heterocycles. The summed E-state index contributed by atoms with van der Waals surface area (Å²) in [6, 6.07) is 16.3. The summed E-state index contributed by atoms with van der Waals surface area (Å²) < 4.78 is 7.61. The number of amides is 1. The van der Waals surface area contributed by atoms with E-state index in [1.54, 1.807) is 7.11 Å². The largest absolute Gasteiger partial charge is 0.497 e. The molecule has 2 aromatic carbocycles. The third-order valence-electron chi connectivity index (χ3n) is 7.54. The number of hydrogen-bond donors (Lipinski definition) is 1. The first-order valence-corrected chi connectivity index (χ1v) is 12.7. The van der Waals surface area contributed by atoms with Crippen molar-refractivity contribution in [3.8, 4) is 17.1 Å². The lowest BCUT2D eigenvalue weighted by molar-refractivity contribution is -0.127. The van der Waals surface area contributed by atoms with Crippen LogP contribution < -0.4 is 10.1 Å². The summed E-state index contributed by atoms with van der Waals surface area (Å²) in [5, 5.41) is 3.46. The highest BCUT2D eigenvalue weighted by atomic mass is 16.5. The van der Waals surface area contributed by atoms with Crippen LogP contribution in [0.1, 0.15) is 70.3 Å². The molecule has 174 valence electrons. The fourth-order valence-corrected chi connectivity index (χ4v) is 5.80. The van der Waals surface area contributed by atoms with Gasteiger partial charge in [0, 0.05) is 11.6 Å². The van der Waals surface area contributed by atoms with Gasteiger partial charge >= 0.3 is 0 Å². The van der Waals surface area contributed by atoms with Crippen molar-refractivity contribution in [1.82, 2.24) is 14.9 Å². The Bertz CT molecular complexity index is 1080. The van der Waals surface area contributed by atoms with E-state index in [1.807, 2.05) is 30.3 Å². The summed E-state index contributed by atoms with van der Waals surface area (Å²) >= 11 is 0. The highest BCUT2D eigenvalue weighted by molar-refractivity contribution is 5.87. The van der Waals surface area contributed by atoms with E-state index < -0.39 is 0 Å². The zero-order chi connectivity index (χ0) is 22.6. The second-order valence-corrected chi connectivity index (χ2v) is 9.71. The van der Waals surface area contributed by atoms with Gasteiger partial charge in [0.25, 0.3) is 0 Å². The number of imidazole rings is 1. The molecule has 2 aliphatic rings. The van der Waals surface area contributed by atoms with Crippen molar-refractivity contribution in [2.24, 2.45) is 5.92 Å². The Morgan fingerprint density at radius 2 is 1.61 bits per heavy atom. The van der Waals surface area contributed by atoms with Crippen LogP contribution in [0.15, 0.2) is 48.5 Å². The quantitative estimate of drug-likeness (QED) is 0.486. The number of nitrogens with zero attached hydrogens (tertiary/aromatic N) is 2. The van der Waals surface area contributed by atoms with E-state index in [2.05, 4.69) is 28.1 Å². The van der Waals surface area contributed by atoms with Crippen LogP contribution in [0.5, 0.6) is 5.75 Å². The van der Waals surface area contributed by atoms with Gasteiger partial charge in [-0.05, 0) is 68.0 Å². The van der Waals surface area contributed by atoms with Crippen LogP contribution in [0.4, 0.5) is 0 Å². The molecule has 5 heteroatoms. The van der Waals surface area contributed by atoms with E-state index in [9.17, 15) is 4.79 Å². The lowest BCUT2D eigenvalue weighted by Crippen LogP contribution is -2.43. The fraction of sp³-hybridized carbons (Fsp3) is 0.500. The van der Waals surface area contributed by atoms with Crippen molar-refractivity contribution < 1.29 is 9.53 Å². The van der Waals surface area contributed by atoms with Crippen molar-refractivity contribution in [3.05, 3.63) is 48.5 Å². The molecule has 5 nitrogen and oxygen atoms in total. The molecule has 3 aromatic rings. The van der Waals surface area contributed by atoms with E-state index in [0.717, 1.165) is 53.9 Å². The lowest BCUT2D eigenvalue weighted by Gasteiger charge is -2.33. The Morgan fingerprint density at radius 3 is 2.30 bits per heavy atom. The maximum Gasteiger partial charge on any atom is 0.243 e.